The van der Waals surface area contributed by atoms with Gasteiger partial charge in [0.1, 0.15) is 28.5 Å². The highest BCUT2D eigenvalue weighted by Gasteiger charge is 2.14. The van der Waals surface area contributed by atoms with Gasteiger partial charge in [0.2, 0.25) is 0 Å². The monoisotopic (exact) mass is 462 g/mol. The van der Waals surface area contributed by atoms with E-state index in [1.165, 1.54) is 12.1 Å². The minimum Gasteiger partial charge on any atom is -0.487 e. The average molecular weight is 463 g/mol. The van der Waals surface area contributed by atoms with E-state index in [1.807, 2.05) is 31.2 Å². The highest BCUT2D eigenvalue weighted by atomic mass is 79.9. The summed E-state index contributed by atoms with van der Waals surface area (Å²) in [4.78, 5) is 12.8. The van der Waals surface area contributed by atoms with Gasteiger partial charge in [0.15, 0.2) is 0 Å². The van der Waals surface area contributed by atoms with Crippen molar-refractivity contribution in [2.75, 3.05) is 6.54 Å². The zero-order valence-corrected chi connectivity index (χ0v) is 17.5. The largest absolute Gasteiger partial charge is 0.487 e. The Kier molecular flexibility index (Phi) is 6.82. The molecule has 1 aromatic heterocycles. The number of rotatable bonds is 7. The second-order valence-corrected chi connectivity index (χ2v) is 7.53. The van der Waals surface area contributed by atoms with Crippen molar-refractivity contribution < 1.29 is 13.5 Å². The van der Waals surface area contributed by atoms with Gasteiger partial charge in [0, 0.05) is 23.4 Å². The third kappa shape index (κ3) is 5.10. The van der Waals surface area contributed by atoms with Gasteiger partial charge in [-0.05, 0) is 59.1 Å². The van der Waals surface area contributed by atoms with Gasteiger partial charge in [-0.25, -0.2) is 8.78 Å². The molecule has 2 N–H and O–H groups in total. The van der Waals surface area contributed by atoms with Crippen LogP contribution in [-0.4, -0.2) is 11.1 Å². The first-order valence-electron chi connectivity index (χ1n) is 9.13. The molecule has 0 saturated heterocycles. The molecule has 0 bridgehead atoms. The molecule has 0 radical (unpaired) electrons. The Labute approximate surface area is 176 Å². The van der Waals surface area contributed by atoms with Crippen molar-refractivity contribution in [3.05, 3.63) is 97.4 Å². The van der Waals surface area contributed by atoms with Gasteiger partial charge in [-0.3, -0.25) is 4.79 Å². The Hall–Kier alpha value is -2.51. The normalized spacial score (nSPS) is 10.9. The van der Waals surface area contributed by atoms with Crippen molar-refractivity contribution in [2.24, 2.45) is 5.73 Å². The molecular weight excluding hydrogens is 442 g/mol. The van der Waals surface area contributed by atoms with Crippen molar-refractivity contribution in [1.82, 2.24) is 4.57 Å². The summed E-state index contributed by atoms with van der Waals surface area (Å²) in [6.07, 6.45) is 0.811. The van der Waals surface area contributed by atoms with Crippen LogP contribution in [0.2, 0.25) is 0 Å². The molecule has 0 aliphatic heterocycles. The van der Waals surface area contributed by atoms with Crippen molar-refractivity contribution >= 4 is 15.9 Å². The number of nitrogens with zero attached hydrogens (tertiary/aromatic N) is 1. The molecule has 29 heavy (non-hydrogen) atoms. The van der Waals surface area contributed by atoms with Crippen LogP contribution in [0.1, 0.15) is 22.4 Å². The SMILES string of the molecule is Cc1cc(OCc2ccc(F)cc2F)c(Br)c(=O)n1Cc1ccc(CCN)cc1. The summed E-state index contributed by atoms with van der Waals surface area (Å²) in [7, 11) is 0. The Balaban J connectivity index is 1.79. The fraction of sp³-hybridized carbons (Fsp3) is 0.227. The lowest BCUT2D eigenvalue weighted by molar-refractivity contribution is 0.296. The second kappa shape index (κ2) is 9.33. The lowest BCUT2D eigenvalue weighted by Crippen LogP contribution is -2.24. The molecule has 3 rings (SSSR count). The number of halogens is 3. The van der Waals surface area contributed by atoms with E-state index in [9.17, 15) is 13.6 Å². The van der Waals surface area contributed by atoms with Gasteiger partial charge >= 0.3 is 0 Å². The number of pyridine rings is 1. The fourth-order valence-electron chi connectivity index (χ4n) is 2.97. The van der Waals surface area contributed by atoms with E-state index < -0.39 is 11.6 Å². The molecule has 0 aliphatic rings. The summed E-state index contributed by atoms with van der Waals surface area (Å²) in [6.45, 7) is 2.70. The molecular formula is C22H21BrF2N2O2. The Morgan fingerprint density at radius 3 is 2.41 bits per heavy atom. The molecule has 1 heterocycles. The third-order valence-electron chi connectivity index (χ3n) is 4.61. The molecule has 3 aromatic rings. The third-order valence-corrected chi connectivity index (χ3v) is 5.34. The van der Waals surface area contributed by atoms with Gasteiger partial charge in [-0.15, -0.1) is 0 Å². The van der Waals surface area contributed by atoms with Crippen LogP contribution in [0.5, 0.6) is 5.75 Å². The Bertz CT molecular complexity index is 1070. The molecule has 0 aliphatic carbocycles. The standard InChI is InChI=1S/C22H21BrF2N2O2/c1-14-10-20(29-13-17-6-7-18(24)11-19(17)25)21(23)22(28)27(14)12-16-4-2-15(3-5-16)8-9-26/h2-7,10-11H,8-9,12-13,26H2,1H3. The van der Waals surface area contributed by atoms with Gasteiger partial charge < -0.3 is 15.0 Å². The summed E-state index contributed by atoms with van der Waals surface area (Å²) >= 11 is 3.29. The molecule has 7 heteroatoms. The number of aromatic nitrogens is 1. The summed E-state index contributed by atoms with van der Waals surface area (Å²) in [5, 5.41) is 0. The Morgan fingerprint density at radius 2 is 1.76 bits per heavy atom. The molecule has 152 valence electrons. The van der Waals surface area contributed by atoms with Crippen LogP contribution >= 0.6 is 15.9 Å². The maximum atomic E-state index is 13.8. The topological polar surface area (TPSA) is 57.2 Å². The predicted octanol–water partition coefficient (Wildman–Crippen LogP) is 4.33. The fourth-order valence-corrected chi connectivity index (χ4v) is 3.41. The summed E-state index contributed by atoms with van der Waals surface area (Å²) in [6, 6.07) is 13.0. The zero-order valence-electron chi connectivity index (χ0n) is 15.9. The van der Waals surface area contributed by atoms with Gasteiger partial charge in [0.25, 0.3) is 5.56 Å². The second-order valence-electron chi connectivity index (χ2n) is 6.73. The van der Waals surface area contributed by atoms with E-state index in [1.54, 1.807) is 10.6 Å². The molecule has 2 aromatic carbocycles. The van der Waals surface area contributed by atoms with Crippen LogP contribution in [0.15, 0.2) is 57.8 Å². The van der Waals surface area contributed by atoms with Crippen LogP contribution in [0.4, 0.5) is 8.78 Å². The number of nitrogens with two attached hydrogens (primary N) is 1. The minimum absolute atomic E-state index is 0.115. The van der Waals surface area contributed by atoms with Crippen molar-refractivity contribution in [2.45, 2.75) is 26.5 Å². The quantitative estimate of drug-likeness (QED) is 0.568. The molecule has 0 atom stereocenters. The number of benzene rings is 2. The average Bonchev–Trinajstić information content (AvgIpc) is 2.69. The highest BCUT2D eigenvalue weighted by molar-refractivity contribution is 9.10. The number of hydrogen-bond donors (Lipinski definition) is 1. The first-order chi connectivity index (χ1) is 13.9. The van der Waals surface area contributed by atoms with E-state index in [0.29, 0.717) is 24.5 Å². The lowest BCUT2D eigenvalue weighted by Gasteiger charge is -2.15. The minimum atomic E-state index is -0.690. The van der Waals surface area contributed by atoms with Crippen molar-refractivity contribution in [3.8, 4) is 5.75 Å². The first kappa shape index (κ1) is 21.2. The first-order valence-corrected chi connectivity index (χ1v) is 9.93. The maximum Gasteiger partial charge on any atom is 0.269 e. The van der Waals surface area contributed by atoms with Crippen LogP contribution in [0.3, 0.4) is 0 Å². The van der Waals surface area contributed by atoms with Crippen LogP contribution < -0.4 is 16.0 Å². The van der Waals surface area contributed by atoms with E-state index in [-0.39, 0.29) is 22.2 Å². The Morgan fingerprint density at radius 1 is 1.07 bits per heavy atom. The number of ether oxygens (including phenoxy) is 1. The molecule has 0 unspecified atom stereocenters. The predicted molar refractivity (Wildman–Crippen MR) is 112 cm³/mol. The number of hydrogen-bond acceptors (Lipinski definition) is 3. The molecule has 0 fully saturated rings. The van der Waals surface area contributed by atoms with Crippen LogP contribution in [0, 0.1) is 18.6 Å². The van der Waals surface area contributed by atoms with E-state index in [4.69, 9.17) is 10.5 Å². The molecule has 0 amide bonds. The highest BCUT2D eigenvalue weighted by Crippen LogP contribution is 2.24. The number of aryl methyl sites for hydroxylation is 1. The summed E-state index contributed by atoms with van der Waals surface area (Å²) in [5.41, 5.74) is 8.38. The maximum absolute atomic E-state index is 13.8. The van der Waals surface area contributed by atoms with Gasteiger partial charge in [-0.2, -0.15) is 0 Å². The summed E-state index contributed by atoms with van der Waals surface area (Å²) in [5.74, 6) is -1.03. The van der Waals surface area contributed by atoms with Crippen LogP contribution in [0.25, 0.3) is 0 Å². The molecule has 0 saturated carbocycles. The molecule has 4 nitrogen and oxygen atoms in total. The van der Waals surface area contributed by atoms with Gasteiger partial charge in [0.05, 0.1) is 6.54 Å². The van der Waals surface area contributed by atoms with E-state index >= 15 is 0 Å². The van der Waals surface area contributed by atoms with Crippen molar-refractivity contribution in [3.63, 3.8) is 0 Å². The van der Waals surface area contributed by atoms with Crippen LogP contribution in [-0.2, 0) is 19.6 Å². The lowest BCUT2D eigenvalue weighted by atomic mass is 10.1. The van der Waals surface area contributed by atoms with Crippen molar-refractivity contribution in [1.29, 1.82) is 0 Å². The van der Waals surface area contributed by atoms with Gasteiger partial charge in [-0.1, -0.05) is 24.3 Å². The zero-order chi connectivity index (χ0) is 21.0. The smallest absolute Gasteiger partial charge is 0.269 e. The molecule has 0 spiro atoms. The van der Waals surface area contributed by atoms with E-state index in [2.05, 4.69) is 15.9 Å². The summed E-state index contributed by atoms with van der Waals surface area (Å²) < 4.78 is 34.3. The van der Waals surface area contributed by atoms with E-state index in [0.717, 1.165) is 23.6 Å².